The number of benzene rings is 1. The van der Waals surface area contributed by atoms with Crippen molar-refractivity contribution in [2.45, 2.75) is 13.3 Å². The zero-order valence-electron chi connectivity index (χ0n) is 10.4. The summed E-state index contributed by atoms with van der Waals surface area (Å²) in [6.07, 6.45) is 1.86. The summed E-state index contributed by atoms with van der Waals surface area (Å²) >= 11 is 1.59. The molecule has 98 valence electrons. The second-order valence-electron chi connectivity index (χ2n) is 4.40. The van der Waals surface area contributed by atoms with Gasteiger partial charge in [0.2, 0.25) is 0 Å². The number of hydrogen-bond donors (Lipinski definition) is 1. The molecule has 0 spiro atoms. The van der Waals surface area contributed by atoms with Crippen molar-refractivity contribution >= 4 is 36.5 Å². The van der Waals surface area contributed by atoms with Crippen LogP contribution in [-0.4, -0.2) is 32.0 Å². The molecule has 0 amide bonds. The highest BCUT2D eigenvalue weighted by Gasteiger charge is 2.04. The first kappa shape index (κ1) is 13.3. The van der Waals surface area contributed by atoms with Gasteiger partial charge in [-0.15, -0.1) is 0 Å². The molecule has 18 heavy (non-hydrogen) atoms. The molecule has 6 heteroatoms. The molecule has 1 aromatic carbocycles. The highest BCUT2D eigenvalue weighted by atomic mass is 32.2. The summed E-state index contributed by atoms with van der Waals surface area (Å²) in [6, 6.07) is 6.17. The largest absolute Gasteiger partial charge is 0.361 e. The molecule has 0 aliphatic heterocycles. The number of fused-ring (bicyclic) bond motifs is 1. The summed E-state index contributed by atoms with van der Waals surface area (Å²) in [5, 5.41) is 4.02. The monoisotopic (exact) mass is 284 g/mol. The minimum Gasteiger partial charge on any atom is -0.361 e. The zero-order chi connectivity index (χ0) is 13.2. The van der Waals surface area contributed by atoms with E-state index in [-0.39, 0.29) is 5.75 Å². The van der Waals surface area contributed by atoms with Gasteiger partial charge >= 0.3 is 0 Å². The smallest absolute Gasteiger partial charge is 0.183 e. The van der Waals surface area contributed by atoms with E-state index >= 15 is 0 Å². The Morgan fingerprint density at radius 3 is 2.89 bits per heavy atom. The first-order valence-corrected chi connectivity index (χ1v) is 8.60. The van der Waals surface area contributed by atoms with Gasteiger partial charge in [0.1, 0.15) is 9.84 Å². The van der Waals surface area contributed by atoms with Gasteiger partial charge in [0.05, 0.1) is 16.0 Å². The molecule has 2 aromatic rings. The van der Waals surface area contributed by atoms with Gasteiger partial charge in [0.25, 0.3) is 0 Å². The van der Waals surface area contributed by atoms with Crippen molar-refractivity contribution in [3.05, 3.63) is 23.8 Å². The Kier molecular flexibility index (Phi) is 3.87. The van der Waals surface area contributed by atoms with Crippen LogP contribution in [0.1, 0.15) is 12.0 Å². The number of aryl methyl sites for hydroxylation is 1. The molecule has 1 heterocycles. The SMILES string of the molecule is Cc1ccc2sc(NCCCS(C)(=O)=O)nc2c1. The molecule has 0 saturated carbocycles. The molecule has 4 nitrogen and oxygen atoms in total. The van der Waals surface area contributed by atoms with Crippen LogP contribution in [0.2, 0.25) is 0 Å². The molecule has 0 aliphatic rings. The van der Waals surface area contributed by atoms with Gasteiger partial charge in [-0.25, -0.2) is 13.4 Å². The number of thiazole rings is 1. The number of rotatable bonds is 5. The maximum atomic E-state index is 11.0. The molecule has 0 fully saturated rings. The Labute approximate surface area is 111 Å². The van der Waals surface area contributed by atoms with Crippen LogP contribution in [0, 0.1) is 6.92 Å². The molecular weight excluding hydrogens is 268 g/mol. The fourth-order valence-electron chi connectivity index (χ4n) is 1.64. The Hall–Kier alpha value is -1.14. The van der Waals surface area contributed by atoms with E-state index < -0.39 is 9.84 Å². The topological polar surface area (TPSA) is 59.1 Å². The quantitative estimate of drug-likeness (QED) is 0.857. The van der Waals surface area contributed by atoms with Crippen LogP contribution in [0.4, 0.5) is 5.13 Å². The van der Waals surface area contributed by atoms with Crippen LogP contribution < -0.4 is 5.32 Å². The van der Waals surface area contributed by atoms with Crippen LogP contribution >= 0.6 is 11.3 Å². The number of nitrogens with one attached hydrogen (secondary N) is 1. The van der Waals surface area contributed by atoms with Gasteiger partial charge in [-0.05, 0) is 31.0 Å². The van der Waals surface area contributed by atoms with E-state index in [0.717, 1.165) is 15.3 Å². The Morgan fingerprint density at radius 1 is 1.39 bits per heavy atom. The summed E-state index contributed by atoms with van der Waals surface area (Å²) in [5.41, 5.74) is 2.18. The maximum Gasteiger partial charge on any atom is 0.183 e. The predicted octanol–water partition coefficient (Wildman–Crippen LogP) is 2.45. The Balaban J connectivity index is 1.96. The highest BCUT2D eigenvalue weighted by Crippen LogP contribution is 2.26. The van der Waals surface area contributed by atoms with Crippen molar-refractivity contribution in [1.82, 2.24) is 4.98 Å². The van der Waals surface area contributed by atoms with Crippen molar-refractivity contribution in [3.8, 4) is 0 Å². The Bertz CT molecular complexity index is 647. The first-order valence-electron chi connectivity index (χ1n) is 5.73. The number of aromatic nitrogens is 1. The highest BCUT2D eigenvalue weighted by molar-refractivity contribution is 7.90. The maximum absolute atomic E-state index is 11.0. The van der Waals surface area contributed by atoms with E-state index in [1.54, 1.807) is 11.3 Å². The summed E-state index contributed by atoms with van der Waals surface area (Å²) in [7, 11) is -2.87. The molecule has 0 aliphatic carbocycles. The van der Waals surface area contributed by atoms with E-state index in [2.05, 4.69) is 22.4 Å². The van der Waals surface area contributed by atoms with Crippen LogP contribution in [0.3, 0.4) is 0 Å². The molecule has 1 N–H and O–H groups in total. The lowest BCUT2D eigenvalue weighted by atomic mass is 10.2. The third-order valence-corrected chi connectivity index (χ3v) is 4.54. The molecule has 0 unspecified atom stereocenters. The van der Waals surface area contributed by atoms with Crippen molar-refractivity contribution < 1.29 is 8.42 Å². The second kappa shape index (κ2) is 5.24. The third-order valence-electron chi connectivity index (χ3n) is 2.51. The van der Waals surface area contributed by atoms with Crippen LogP contribution in [0.15, 0.2) is 18.2 Å². The summed E-state index contributed by atoms with van der Waals surface area (Å²) in [5.74, 6) is 0.212. The fourth-order valence-corrected chi connectivity index (χ4v) is 3.18. The zero-order valence-corrected chi connectivity index (χ0v) is 12.1. The van der Waals surface area contributed by atoms with Gasteiger partial charge in [-0.2, -0.15) is 0 Å². The van der Waals surface area contributed by atoms with Gasteiger partial charge in [0, 0.05) is 12.8 Å². The van der Waals surface area contributed by atoms with Gasteiger partial charge < -0.3 is 5.32 Å². The lowest BCUT2D eigenvalue weighted by Crippen LogP contribution is -2.09. The molecule has 0 saturated heterocycles. The van der Waals surface area contributed by atoms with E-state index in [1.165, 1.54) is 11.8 Å². The lowest BCUT2D eigenvalue weighted by molar-refractivity contribution is 0.600. The van der Waals surface area contributed by atoms with E-state index in [9.17, 15) is 8.42 Å². The van der Waals surface area contributed by atoms with E-state index in [4.69, 9.17) is 0 Å². The minimum absolute atomic E-state index is 0.212. The van der Waals surface area contributed by atoms with E-state index in [0.29, 0.717) is 13.0 Å². The van der Waals surface area contributed by atoms with Crippen molar-refractivity contribution in [2.24, 2.45) is 0 Å². The minimum atomic E-state index is -2.87. The normalized spacial score (nSPS) is 11.9. The van der Waals surface area contributed by atoms with Crippen LogP contribution in [0.5, 0.6) is 0 Å². The standard InChI is InChI=1S/C12H16N2O2S2/c1-9-4-5-11-10(8-9)14-12(17-11)13-6-3-7-18(2,15)16/h4-5,8H,3,6-7H2,1-2H3,(H,13,14). The van der Waals surface area contributed by atoms with Crippen molar-refractivity contribution in [1.29, 1.82) is 0 Å². The van der Waals surface area contributed by atoms with Crippen molar-refractivity contribution in [2.75, 3.05) is 23.9 Å². The average molecular weight is 284 g/mol. The number of anilines is 1. The number of hydrogen-bond acceptors (Lipinski definition) is 5. The average Bonchev–Trinajstić information content (AvgIpc) is 2.65. The lowest BCUT2D eigenvalue weighted by Gasteiger charge is -2.00. The predicted molar refractivity (Wildman–Crippen MR) is 77.2 cm³/mol. The Morgan fingerprint density at radius 2 is 2.17 bits per heavy atom. The van der Waals surface area contributed by atoms with Gasteiger partial charge in [0.15, 0.2) is 5.13 Å². The van der Waals surface area contributed by atoms with Crippen molar-refractivity contribution in [3.63, 3.8) is 0 Å². The first-order chi connectivity index (χ1) is 8.44. The summed E-state index contributed by atoms with van der Waals surface area (Å²) in [6.45, 7) is 2.67. The van der Waals surface area contributed by atoms with Gasteiger partial charge in [-0.1, -0.05) is 17.4 Å². The summed E-state index contributed by atoms with van der Waals surface area (Å²) in [4.78, 5) is 4.47. The van der Waals surface area contributed by atoms with Gasteiger partial charge in [-0.3, -0.25) is 0 Å². The molecule has 2 rings (SSSR count). The molecule has 0 radical (unpaired) electrons. The van der Waals surface area contributed by atoms with Crippen LogP contribution in [-0.2, 0) is 9.84 Å². The summed E-state index contributed by atoms with van der Waals surface area (Å²) < 4.78 is 23.1. The number of sulfone groups is 1. The number of nitrogens with zero attached hydrogens (tertiary/aromatic N) is 1. The molecular formula is C12H16N2O2S2. The van der Waals surface area contributed by atoms with Crippen LogP contribution in [0.25, 0.3) is 10.2 Å². The fraction of sp³-hybridized carbons (Fsp3) is 0.417. The van der Waals surface area contributed by atoms with E-state index in [1.807, 2.05) is 13.0 Å². The second-order valence-corrected chi connectivity index (χ2v) is 7.69. The molecule has 1 aromatic heterocycles. The molecule has 0 atom stereocenters. The third kappa shape index (κ3) is 3.68. The molecule has 0 bridgehead atoms.